The number of hydrogen-bond donors (Lipinski definition) is 2. The van der Waals surface area contributed by atoms with Crippen LogP contribution in [0.2, 0.25) is 0 Å². The van der Waals surface area contributed by atoms with Gasteiger partial charge in [0.25, 0.3) is 0 Å². The van der Waals surface area contributed by atoms with Crippen molar-refractivity contribution in [2.75, 3.05) is 0 Å². The van der Waals surface area contributed by atoms with Crippen LogP contribution in [0.1, 0.15) is 17.2 Å². The first kappa shape index (κ1) is 10.2. The van der Waals surface area contributed by atoms with Gasteiger partial charge in [-0.15, -0.1) is 0 Å². The lowest BCUT2D eigenvalue weighted by atomic mass is 10.1. The van der Waals surface area contributed by atoms with Crippen LogP contribution in [0.5, 0.6) is 0 Å². The number of nitrogens with two attached hydrogens (primary N) is 1. The minimum atomic E-state index is -1.27. The lowest BCUT2D eigenvalue weighted by molar-refractivity contribution is -0.138. The van der Waals surface area contributed by atoms with Crippen LogP contribution >= 0.6 is 0 Å². The molecule has 5 heteroatoms. The molecular weight excluding hydrogens is 187 g/mol. The molecular formula is C9H7FN2O2. The third-order valence-electron chi connectivity index (χ3n) is 1.74. The zero-order valence-electron chi connectivity index (χ0n) is 7.07. The normalized spacial score (nSPS) is 11.8. The van der Waals surface area contributed by atoms with Gasteiger partial charge in [0.05, 0.1) is 5.56 Å². The molecule has 0 saturated heterocycles. The summed E-state index contributed by atoms with van der Waals surface area (Å²) in [5.74, 6) is -2.00. The van der Waals surface area contributed by atoms with Crippen LogP contribution in [0.4, 0.5) is 4.39 Å². The molecule has 0 saturated carbocycles. The van der Waals surface area contributed by atoms with Crippen molar-refractivity contribution < 1.29 is 14.3 Å². The second kappa shape index (κ2) is 3.85. The SMILES string of the molecule is N#Cc1ccc(C(N)C(=O)O)cc1F. The number of carbonyl (C=O) groups is 1. The summed E-state index contributed by atoms with van der Waals surface area (Å²) in [6, 6.07) is 3.84. The fourth-order valence-corrected chi connectivity index (χ4v) is 0.958. The van der Waals surface area contributed by atoms with Crippen molar-refractivity contribution in [1.29, 1.82) is 5.26 Å². The largest absolute Gasteiger partial charge is 0.480 e. The van der Waals surface area contributed by atoms with Gasteiger partial charge in [-0.25, -0.2) is 4.39 Å². The van der Waals surface area contributed by atoms with E-state index in [0.717, 1.165) is 6.07 Å². The van der Waals surface area contributed by atoms with Gasteiger partial charge in [-0.3, -0.25) is 4.79 Å². The summed E-state index contributed by atoms with van der Waals surface area (Å²) in [7, 11) is 0. The minimum Gasteiger partial charge on any atom is -0.480 e. The number of benzene rings is 1. The highest BCUT2D eigenvalue weighted by Crippen LogP contribution is 2.14. The van der Waals surface area contributed by atoms with Gasteiger partial charge in [-0.05, 0) is 17.7 Å². The maximum atomic E-state index is 13.0. The molecule has 0 spiro atoms. The summed E-state index contributed by atoms with van der Waals surface area (Å²) in [4.78, 5) is 10.5. The van der Waals surface area contributed by atoms with E-state index in [4.69, 9.17) is 16.1 Å². The van der Waals surface area contributed by atoms with Gasteiger partial charge >= 0.3 is 5.97 Å². The van der Waals surface area contributed by atoms with Crippen LogP contribution in [0.3, 0.4) is 0 Å². The van der Waals surface area contributed by atoms with Crippen molar-refractivity contribution in [1.82, 2.24) is 0 Å². The van der Waals surface area contributed by atoms with Crippen LogP contribution in [-0.2, 0) is 4.79 Å². The number of halogens is 1. The molecule has 1 rings (SSSR count). The van der Waals surface area contributed by atoms with E-state index < -0.39 is 17.8 Å². The Morgan fingerprint density at radius 1 is 1.64 bits per heavy atom. The molecule has 1 unspecified atom stereocenters. The standard InChI is InChI=1S/C9H7FN2O2/c10-7-3-5(8(12)9(13)14)1-2-6(7)4-11/h1-3,8H,12H2,(H,13,14). The second-order valence-electron chi connectivity index (χ2n) is 2.67. The number of aliphatic carboxylic acids is 1. The Bertz CT molecular complexity index is 412. The van der Waals surface area contributed by atoms with Gasteiger partial charge in [0, 0.05) is 0 Å². The van der Waals surface area contributed by atoms with Gasteiger partial charge < -0.3 is 10.8 Å². The minimum absolute atomic E-state index is 0.133. The molecule has 72 valence electrons. The Kier molecular flexibility index (Phi) is 2.79. The van der Waals surface area contributed by atoms with Crippen molar-refractivity contribution in [3.63, 3.8) is 0 Å². The number of rotatable bonds is 2. The van der Waals surface area contributed by atoms with E-state index in [1.165, 1.54) is 12.1 Å². The summed E-state index contributed by atoms with van der Waals surface area (Å²) >= 11 is 0. The van der Waals surface area contributed by atoms with E-state index >= 15 is 0 Å². The van der Waals surface area contributed by atoms with Crippen molar-refractivity contribution in [3.8, 4) is 6.07 Å². The lowest BCUT2D eigenvalue weighted by Gasteiger charge is -2.06. The Morgan fingerprint density at radius 2 is 2.29 bits per heavy atom. The van der Waals surface area contributed by atoms with Gasteiger partial charge in [-0.1, -0.05) is 6.07 Å². The van der Waals surface area contributed by atoms with E-state index in [1.54, 1.807) is 6.07 Å². The van der Waals surface area contributed by atoms with Crippen molar-refractivity contribution >= 4 is 5.97 Å². The molecule has 0 bridgehead atoms. The molecule has 14 heavy (non-hydrogen) atoms. The van der Waals surface area contributed by atoms with E-state index in [1.807, 2.05) is 0 Å². The first-order valence-electron chi connectivity index (χ1n) is 3.74. The molecule has 1 aromatic rings. The zero-order chi connectivity index (χ0) is 10.7. The molecule has 1 aromatic carbocycles. The summed E-state index contributed by atoms with van der Waals surface area (Å²) in [5.41, 5.74) is 5.25. The number of nitriles is 1. The smallest absolute Gasteiger partial charge is 0.325 e. The molecule has 0 heterocycles. The van der Waals surface area contributed by atoms with Gasteiger partial charge in [-0.2, -0.15) is 5.26 Å². The number of hydrogen-bond acceptors (Lipinski definition) is 3. The average Bonchev–Trinajstić information content (AvgIpc) is 2.16. The highest BCUT2D eigenvalue weighted by atomic mass is 19.1. The number of carboxylic acids is 1. The molecule has 4 nitrogen and oxygen atoms in total. The Hall–Kier alpha value is -1.93. The van der Waals surface area contributed by atoms with Crippen LogP contribution in [-0.4, -0.2) is 11.1 Å². The highest BCUT2D eigenvalue weighted by molar-refractivity contribution is 5.75. The van der Waals surface area contributed by atoms with Crippen LogP contribution < -0.4 is 5.73 Å². The average molecular weight is 194 g/mol. The second-order valence-corrected chi connectivity index (χ2v) is 2.67. The van der Waals surface area contributed by atoms with Gasteiger partial charge in [0.15, 0.2) is 0 Å². The Morgan fingerprint density at radius 3 is 2.71 bits per heavy atom. The maximum absolute atomic E-state index is 13.0. The molecule has 0 aromatic heterocycles. The third kappa shape index (κ3) is 1.87. The summed E-state index contributed by atoms with van der Waals surface area (Å²) in [5, 5.41) is 17.0. The van der Waals surface area contributed by atoms with E-state index in [-0.39, 0.29) is 11.1 Å². The van der Waals surface area contributed by atoms with Crippen molar-refractivity contribution in [2.24, 2.45) is 5.73 Å². The monoisotopic (exact) mass is 194 g/mol. The topological polar surface area (TPSA) is 87.1 Å². The summed E-state index contributed by atoms with van der Waals surface area (Å²) in [6.45, 7) is 0. The van der Waals surface area contributed by atoms with E-state index in [0.29, 0.717) is 0 Å². The summed E-state index contributed by atoms with van der Waals surface area (Å²) < 4.78 is 13.0. The van der Waals surface area contributed by atoms with Crippen LogP contribution in [0.25, 0.3) is 0 Å². The highest BCUT2D eigenvalue weighted by Gasteiger charge is 2.15. The lowest BCUT2D eigenvalue weighted by Crippen LogP contribution is -2.20. The van der Waals surface area contributed by atoms with Crippen molar-refractivity contribution in [2.45, 2.75) is 6.04 Å². The molecule has 0 amide bonds. The molecule has 0 radical (unpaired) electrons. The molecule has 1 atom stereocenters. The Balaban J connectivity index is 3.10. The molecule has 0 fully saturated rings. The first-order chi connectivity index (χ1) is 6.56. The maximum Gasteiger partial charge on any atom is 0.325 e. The fourth-order valence-electron chi connectivity index (χ4n) is 0.958. The summed E-state index contributed by atoms with van der Waals surface area (Å²) in [6.07, 6.45) is 0. The predicted molar refractivity (Wildman–Crippen MR) is 45.7 cm³/mol. The zero-order valence-corrected chi connectivity index (χ0v) is 7.07. The molecule has 0 aliphatic carbocycles. The molecule has 3 N–H and O–H groups in total. The fraction of sp³-hybridized carbons (Fsp3) is 0.111. The van der Waals surface area contributed by atoms with Gasteiger partial charge in [0.1, 0.15) is 17.9 Å². The van der Waals surface area contributed by atoms with Crippen molar-refractivity contribution in [3.05, 3.63) is 35.1 Å². The van der Waals surface area contributed by atoms with E-state index in [9.17, 15) is 9.18 Å². The molecule has 0 aliphatic heterocycles. The van der Waals surface area contributed by atoms with Crippen LogP contribution in [0, 0.1) is 17.1 Å². The quantitative estimate of drug-likeness (QED) is 0.728. The molecule has 0 aliphatic rings. The number of nitrogens with zero attached hydrogens (tertiary/aromatic N) is 1. The number of carboxylic acid groups (broad SMARTS) is 1. The third-order valence-corrected chi connectivity index (χ3v) is 1.74. The predicted octanol–water partition coefficient (Wildman–Crippen LogP) is 0.782. The van der Waals surface area contributed by atoms with E-state index in [2.05, 4.69) is 0 Å². The first-order valence-corrected chi connectivity index (χ1v) is 3.74. The van der Waals surface area contributed by atoms with Gasteiger partial charge in [0.2, 0.25) is 0 Å². The Labute approximate surface area is 79.4 Å². The van der Waals surface area contributed by atoms with Crippen LogP contribution in [0.15, 0.2) is 18.2 Å².